The first-order chi connectivity index (χ1) is 16.5. The number of nitrogens with zero attached hydrogens (tertiary/aromatic N) is 1. The molecule has 12 heteroatoms. The van der Waals surface area contributed by atoms with Gasteiger partial charge in [-0.1, -0.05) is 5.47 Å². The monoisotopic (exact) mass is 525 g/mol. The molecule has 0 unspecified atom stereocenters. The van der Waals surface area contributed by atoms with E-state index in [1.54, 1.807) is 32.6 Å². The van der Waals surface area contributed by atoms with E-state index in [1.165, 1.54) is 6.20 Å². The Kier molecular flexibility index (Phi) is 7.24. The van der Waals surface area contributed by atoms with E-state index in [0.29, 0.717) is 12.8 Å². The maximum Gasteiger partial charge on any atom is 0.254 e. The van der Waals surface area contributed by atoms with Crippen LogP contribution in [0.5, 0.6) is 0 Å². The van der Waals surface area contributed by atoms with Crippen molar-refractivity contribution < 1.29 is 43.9 Å². The van der Waals surface area contributed by atoms with E-state index in [0.717, 1.165) is 13.3 Å². The van der Waals surface area contributed by atoms with Crippen molar-refractivity contribution >= 4 is 17.6 Å². The van der Waals surface area contributed by atoms with Gasteiger partial charge in [-0.2, -0.15) is 0 Å². The van der Waals surface area contributed by atoms with Crippen LogP contribution in [-0.4, -0.2) is 22.7 Å². The Bertz CT molecular complexity index is 1110. The third-order valence-corrected chi connectivity index (χ3v) is 6.73. The second-order valence-electron chi connectivity index (χ2n) is 10.1. The smallest absolute Gasteiger partial charge is 0.254 e. The van der Waals surface area contributed by atoms with Crippen LogP contribution in [0.15, 0.2) is 11.7 Å². The minimum atomic E-state index is -2.55. The molecule has 1 fully saturated rings. The van der Waals surface area contributed by atoms with Gasteiger partial charge in [0.15, 0.2) is 58.2 Å². The van der Waals surface area contributed by atoms with Gasteiger partial charge in [0.1, 0.15) is 0 Å². The first-order valence-electron chi connectivity index (χ1n) is 11.0. The van der Waals surface area contributed by atoms with Crippen LogP contribution in [0.3, 0.4) is 0 Å². The summed E-state index contributed by atoms with van der Waals surface area (Å²) in [4.78, 5) is 1.68. The van der Waals surface area contributed by atoms with Gasteiger partial charge in [-0.25, -0.2) is 43.9 Å². The van der Waals surface area contributed by atoms with Crippen molar-refractivity contribution in [3.8, 4) is 0 Å². The zero-order chi connectivity index (χ0) is 27.5. The van der Waals surface area contributed by atoms with E-state index in [9.17, 15) is 43.9 Å². The molecular formula is C24H22BF10N. The van der Waals surface area contributed by atoms with Crippen molar-refractivity contribution in [1.29, 1.82) is 0 Å². The first-order valence-corrected chi connectivity index (χ1v) is 11.0. The quantitative estimate of drug-likeness (QED) is 0.200. The summed E-state index contributed by atoms with van der Waals surface area (Å²) in [5.74, 6) is -24.6. The molecule has 0 amide bonds. The zero-order valence-corrected chi connectivity index (χ0v) is 20.0. The summed E-state index contributed by atoms with van der Waals surface area (Å²) in [7, 11) is 0. The number of benzene rings is 2. The summed E-state index contributed by atoms with van der Waals surface area (Å²) < 4.78 is 143. The van der Waals surface area contributed by atoms with Crippen molar-refractivity contribution in [2.24, 2.45) is 0 Å². The molecule has 2 aromatic rings. The fourth-order valence-corrected chi connectivity index (χ4v) is 4.99. The van der Waals surface area contributed by atoms with Gasteiger partial charge in [0, 0.05) is 22.0 Å². The van der Waals surface area contributed by atoms with Gasteiger partial charge in [-0.3, -0.25) is 0 Å². The van der Waals surface area contributed by atoms with E-state index in [4.69, 9.17) is 0 Å². The van der Waals surface area contributed by atoms with Gasteiger partial charge < -0.3 is 4.90 Å². The van der Waals surface area contributed by atoms with Crippen LogP contribution < -0.4 is 10.9 Å². The lowest BCUT2D eigenvalue weighted by Crippen LogP contribution is -2.57. The molecule has 0 N–H and O–H groups in total. The highest BCUT2D eigenvalue weighted by atomic mass is 19.2. The minimum Gasteiger partial charge on any atom is -0.368 e. The average molecular weight is 525 g/mol. The molecule has 2 aromatic carbocycles. The molecule has 0 atom stereocenters. The summed E-state index contributed by atoms with van der Waals surface area (Å²) in [5, 5.41) is 0. The molecule has 1 saturated heterocycles. The fourth-order valence-electron chi connectivity index (χ4n) is 4.99. The predicted molar refractivity (Wildman–Crippen MR) is 115 cm³/mol. The topological polar surface area (TPSA) is 3.24 Å². The van der Waals surface area contributed by atoms with Crippen LogP contribution in [0.25, 0.3) is 0 Å². The first kappa shape index (κ1) is 27.9. The molecule has 0 saturated carbocycles. The molecule has 0 aromatic heterocycles. The van der Waals surface area contributed by atoms with Crippen LogP contribution in [0.4, 0.5) is 43.9 Å². The molecule has 1 aliphatic heterocycles. The number of likely N-dealkylation sites (tertiary alicyclic amines) is 1. The Morgan fingerprint density at radius 1 is 0.583 bits per heavy atom. The van der Waals surface area contributed by atoms with E-state index in [2.05, 4.69) is 0 Å². The van der Waals surface area contributed by atoms with Crippen LogP contribution in [-0.2, 0) is 0 Å². The Morgan fingerprint density at radius 3 is 1.17 bits per heavy atom. The molecule has 36 heavy (non-hydrogen) atoms. The number of allylic oxidation sites excluding steroid dienone is 1. The standard InChI is InChI=1S/C24H22BF10N/c1-10(9-36-23(2,3)7-6-8-24(36,4)5)25(11-13(26)17(30)21(34)18(31)14(11)27)12-15(28)19(32)22(35)20(33)16(12)29/h9H,6-8H2,1-5H3/b10-9+. The minimum absolute atomic E-state index is 0.413. The van der Waals surface area contributed by atoms with Gasteiger partial charge in [0.2, 0.25) is 0 Å². The van der Waals surface area contributed by atoms with Gasteiger partial charge in [-0.05, 0) is 60.1 Å². The average Bonchev–Trinajstić information content (AvgIpc) is 2.80. The fraction of sp³-hybridized carbons (Fsp3) is 0.417. The second kappa shape index (κ2) is 9.34. The summed E-state index contributed by atoms with van der Waals surface area (Å²) >= 11 is 0. The molecule has 1 aliphatic rings. The Hall–Kier alpha value is -2.66. The highest BCUT2D eigenvalue weighted by Crippen LogP contribution is 2.39. The lowest BCUT2D eigenvalue weighted by atomic mass is 9.36. The molecule has 0 radical (unpaired) electrons. The SMILES string of the molecule is C/C(=C\N1C(C)(C)CCCC1(C)C)B(c1c(F)c(F)c(F)c(F)c1F)c1c(F)c(F)c(F)c(F)c1F. The van der Waals surface area contributed by atoms with E-state index < -0.39 is 92.4 Å². The molecule has 196 valence electrons. The number of piperidine rings is 1. The van der Waals surface area contributed by atoms with Gasteiger partial charge in [0.25, 0.3) is 6.71 Å². The maximum absolute atomic E-state index is 14.9. The highest BCUT2D eigenvalue weighted by molar-refractivity contribution is 6.91. The second-order valence-corrected chi connectivity index (χ2v) is 10.1. The normalized spacial score (nSPS) is 17.5. The Balaban J connectivity index is 2.45. The summed E-state index contributed by atoms with van der Waals surface area (Å²) in [6.07, 6.45) is 3.20. The largest absolute Gasteiger partial charge is 0.368 e. The molecule has 0 bridgehead atoms. The van der Waals surface area contributed by atoms with Crippen molar-refractivity contribution in [2.75, 3.05) is 0 Å². The van der Waals surface area contributed by atoms with E-state index in [1.807, 2.05) is 0 Å². The lowest BCUT2D eigenvalue weighted by molar-refractivity contribution is 0.0187. The third-order valence-electron chi connectivity index (χ3n) is 6.73. The molecule has 0 spiro atoms. The van der Waals surface area contributed by atoms with Crippen LogP contribution in [0, 0.1) is 58.2 Å². The molecular weight excluding hydrogens is 503 g/mol. The Labute approximate surface area is 201 Å². The van der Waals surface area contributed by atoms with Crippen molar-refractivity contribution in [2.45, 2.75) is 65.0 Å². The van der Waals surface area contributed by atoms with Crippen molar-refractivity contribution in [3.63, 3.8) is 0 Å². The number of hydrogen-bond acceptors (Lipinski definition) is 1. The zero-order valence-electron chi connectivity index (χ0n) is 20.0. The van der Waals surface area contributed by atoms with Gasteiger partial charge in [0.05, 0.1) is 0 Å². The lowest BCUT2D eigenvalue weighted by Gasteiger charge is -2.53. The molecule has 0 aliphatic carbocycles. The van der Waals surface area contributed by atoms with Gasteiger partial charge >= 0.3 is 0 Å². The Morgan fingerprint density at radius 2 is 0.861 bits per heavy atom. The maximum atomic E-state index is 14.9. The summed E-state index contributed by atoms with van der Waals surface area (Å²) in [6, 6.07) is 0. The van der Waals surface area contributed by atoms with Crippen LogP contribution in [0.1, 0.15) is 53.9 Å². The van der Waals surface area contributed by atoms with E-state index >= 15 is 0 Å². The summed E-state index contributed by atoms with van der Waals surface area (Å²) in [6.45, 7) is 5.69. The number of rotatable bonds is 4. The predicted octanol–water partition coefficient (Wildman–Crippen LogP) is 6.17. The third kappa shape index (κ3) is 4.36. The number of hydrogen-bond donors (Lipinski definition) is 0. The van der Waals surface area contributed by atoms with Gasteiger partial charge in [-0.15, -0.1) is 0 Å². The molecule has 3 rings (SSSR count). The van der Waals surface area contributed by atoms with Crippen LogP contribution in [0.2, 0.25) is 0 Å². The molecule has 1 heterocycles. The highest BCUT2D eigenvalue weighted by Gasteiger charge is 2.43. The van der Waals surface area contributed by atoms with E-state index in [-0.39, 0.29) is 0 Å². The van der Waals surface area contributed by atoms with Crippen molar-refractivity contribution in [1.82, 2.24) is 4.90 Å². The molecule has 1 nitrogen and oxygen atoms in total. The van der Waals surface area contributed by atoms with Crippen LogP contribution >= 0.6 is 0 Å². The summed E-state index contributed by atoms with van der Waals surface area (Å²) in [5.41, 5.74) is -5.17. The van der Waals surface area contributed by atoms with Crippen molar-refractivity contribution in [3.05, 3.63) is 69.8 Å². The number of halogens is 10.